The molecule has 2 N–H and O–H groups in total. The maximum absolute atomic E-state index is 5.59. The number of hydrogen-bond donors (Lipinski definition) is 1. The second-order valence-corrected chi connectivity index (χ2v) is 5.49. The van der Waals surface area contributed by atoms with E-state index in [4.69, 9.17) is 5.73 Å². The predicted molar refractivity (Wildman–Crippen MR) is 61.5 cm³/mol. The Kier molecular flexibility index (Phi) is 3.12. The lowest BCUT2D eigenvalue weighted by Crippen LogP contribution is -2.13. The molecule has 2 heterocycles. The largest absolute Gasteiger partial charge is 0.368 e. The number of nitrogen functional groups attached to an aromatic ring is 1. The number of aryl methyl sites for hydroxylation is 1. The molecule has 1 aliphatic rings. The normalized spacial score (nSPS) is 22.2. The van der Waals surface area contributed by atoms with Crippen LogP contribution in [-0.2, 0) is 0 Å². The number of rotatable bonds is 1. The van der Waals surface area contributed by atoms with Crippen LogP contribution in [0.1, 0.15) is 16.9 Å². The van der Waals surface area contributed by atoms with Gasteiger partial charge in [-0.1, -0.05) is 0 Å². The Labute approximate surface area is 91.5 Å². The zero-order chi connectivity index (χ0) is 9.97. The minimum atomic E-state index is 0.337. The molecule has 0 saturated carbocycles. The fourth-order valence-electron chi connectivity index (χ4n) is 1.30. The van der Waals surface area contributed by atoms with Gasteiger partial charge in [-0.05, 0) is 6.92 Å². The molecule has 1 aliphatic heterocycles. The molecule has 0 amide bonds. The van der Waals surface area contributed by atoms with Crippen LogP contribution in [0.3, 0.4) is 0 Å². The lowest BCUT2D eigenvalue weighted by atomic mass is 10.4. The Bertz CT molecular complexity index is 305. The lowest BCUT2D eigenvalue weighted by molar-refractivity contribution is 0.863. The van der Waals surface area contributed by atoms with Gasteiger partial charge in [0.25, 0.3) is 0 Å². The van der Waals surface area contributed by atoms with Crippen molar-refractivity contribution in [2.24, 2.45) is 0 Å². The van der Waals surface area contributed by atoms with Gasteiger partial charge in [0.05, 0.1) is 5.25 Å². The van der Waals surface area contributed by atoms with Crippen LogP contribution in [-0.4, -0.2) is 32.2 Å². The van der Waals surface area contributed by atoms with E-state index in [1.807, 2.05) is 30.4 Å². The maximum atomic E-state index is 5.59. The molecule has 4 nitrogen and oxygen atoms in total. The highest BCUT2D eigenvalue weighted by Gasteiger charge is 2.19. The molecular formula is C8H12N4S2. The van der Waals surface area contributed by atoms with Crippen LogP contribution in [0.2, 0.25) is 0 Å². The van der Waals surface area contributed by atoms with Crippen molar-refractivity contribution >= 4 is 29.5 Å². The smallest absolute Gasteiger partial charge is 0.223 e. The summed E-state index contributed by atoms with van der Waals surface area (Å²) in [6, 6.07) is 0. The summed E-state index contributed by atoms with van der Waals surface area (Å²) in [5.41, 5.74) is 5.59. The minimum absolute atomic E-state index is 0.337. The van der Waals surface area contributed by atoms with Gasteiger partial charge in [-0.25, -0.2) is 4.98 Å². The zero-order valence-corrected chi connectivity index (χ0v) is 9.57. The van der Waals surface area contributed by atoms with Crippen LogP contribution < -0.4 is 5.73 Å². The average molecular weight is 228 g/mol. The Morgan fingerprint density at radius 2 is 2.14 bits per heavy atom. The molecule has 76 valence electrons. The van der Waals surface area contributed by atoms with Crippen LogP contribution in [0.25, 0.3) is 0 Å². The number of thioether (sulfide) groups is 2. The van der Waals surface area contributed by atoms with Crippen LogP contribution in [0.4, 0.5) is 5.95 Å². The van der Waals surface area contributed by atoms with E-state index in [0.717, 1.165) is 11.6 Å². The predicted octanol–water partition coefficient (Wildman–Crippen LogP) is 1.28. The summed E-state index contributed by atoms with van der Waals surface area (Å²) in [5.74, 6) is 5.35. The Hall–Kier alpha value is -0.490. The molecule has 14 heavy (non-hydrogen) atoms. The van der Waals surface area contributed by atoms with E-state index in [-0.39, 0.29) is 0 Å². The second-order valence-electron chi connectivity index (χ2n) is 3.03. The monoisotopic (exact) mass is 228 g/mol. The molecule has 0 aliphatic carbocycles. The number of aromatic nitrogens is 3. The SMILES string of the molecule is Cc1nc(N)nc(C2CSCCS2)n1. The van der Waals surface area contributed by atoms with Crippen molar-refractivity contribution in [2.75, 3.05) is 23.0 Å². The third-order valence-electron chi connectivity index (χ3n) is 1.89. The van der Waals surface area contributed by atoms with Crippen molar-refractivity contribution in [3.63, 3.8) is 0 Å². The first-order chi connectivity index (χ1) is 6.75. The maximum Gasteiger partial charge on any atom is 0.223 e. The van der Waals surface area contributed by atoms with Crippen LogP contribution >= 0.6 is 23.5 Å². The van der Waals surface area contributed by atoms with E-state index in [0.29, 0.717) is 17.0 Å². The van der Waals surface area contributed by atoms with Crippen LogP contribution in [0, 0.1) is 6.92 Å². The summed E-state index contributed by atoms with van der Waals surface area (Å²) in [7, 11) is 0. The molecule has 1 atom stereocenters. The van der Waals surface area contributed by atoms with Gasteiger partial charge in [-0.3, -0.25) is 0 Å². The van der Waals surface area contributed by atoms with Gasteiger partial charge in [0.15, 0.2) is 0 Å². The van der Waals surface area contributed by atoms with E-state index in [1.165, 1.54) is 11.5 Å². The summed E-state index contributed by atoms with van der Waals surface area (Å²) < 4.78 is 0. The van der Waals surface area contributed by atoms with Crippen molar-refractivity contribution in [3.05, 3.63) is 11.6 Å². The highest BCUT2D eigenvalue weighted by molar-refractivity contribution is 8.06. The van der Waals surface area contributed by atoms with Crippen molar-refractivity contribution in [3.8, 4) is 0 Å². The molecule has 0 bridgehead atoms. The third kappa shape index (κ3) is 2.30. The fraction of sp³-hybridized carbons (Fsp3) is 0.625. The first kappa shape index (κ1) is 10.0. The van der Waals surface area contributed by atoms with E-state index in [1.54, 1.807) is 0 Å². The summed E-state index contributed by atoms with van der Waals surface area (Å²) in [6.07, 6.45) is 0. The van der Waals surface area contributed by atoms with E-state index < -0.39 is 0 Å². The van der Waals surface area contributed by atoms with Gasteiger partial charge in [0, 0.05) is 17.3 Å². The van der Waals surface area contributed by atoms with Crippen LogP contribution in [0.5, 0.6) is 0 Å². The van der Waals surface area contributed by atoms with Crippen molar-refractivity contribution < 1.29 is 0 Å². The fourth-order valence-corrected chi connectivity index (χ4v) is 3.90. The van der Waals surface area contributed by atoms with Gasteiger partial charge in [-0.15, -0.1) is 11.8 Å². The van der Waals surface area contributed by atoms with Crippen molar-refractivity contribution in [2.45, 2.75) is 12.2 Å². The molecule has 0 radical (unpaired) electrons. The number of nitrogens with two attached hydrogens (primary N) is 1. The van der Waals surface area contributed by atoms with E-state index >= 15 is 0 Å². The Morgan fingerprint density at radius 3 is 2.79 bits per heavy atom. The quantitative estimate of drug-likeness (QED) is 0.781. The van der Waals surface area contributed by atoms with Crippen molar-refractivity contribution in [1.29, 1.82) is 0 Å². The van der Waals surface area contributed by atoms with E-state index in [2.05, 4.69) is 15.0 Å². The van der Waals surface area contributed by atoms with E-state index in [9.17, 15) is 0 Å². The molecule has 1 unspecified atom stereocenters. The minimum Gasteiger partial charge on any atom is -0.368 e. The first-order valence-corrected chi connectivity index (χ1v) is 6.63. The molecule has 6 heteroatoms. The van der Waals surface area contributed by atoms with Gasteiger partial charge >= 0.3 is 0 Å². The first-order valence-electron chi connectivity index (χ1n) is 4.43. The average Bonchev–Trinajstić information content (AvgIpc) is 2.18. The molecule has 1 saturated heterocycles. The summed E-state index contributed by atoms with van der Waals surface area (Å²) in [5, 5.41) is 0.387. The molecule has 1 aromatic heterocycles. The molecular weight excluding hydrogens is 216 g/mol. The molecule has 1 fully saturated rings. The molecule has 0 aromatic carbocycles. The highest BCUT2D eigenvalue weighted by Crippen LogP contribution is 2.34. The lowest BCUT2D eigenvalue weighted by Gasteiger charge is -2.19. The summed E-state index contributed by atoms with van der Waals surface area (Å²) in [4.78, 5) is 12.5. The van der Waals surface area contributed by atoms with Gasteiger partial charge < -0.3 is 5.73 Å². The third-order valence-corrected chi connectivity index (χ3v) is 4.64. The Balaban J connectivity index is 2.21. The second kappa shape index (κ2) is 4.35. The Morgan fingerprint density at radius 1 is 1.29 bits per heavy atom. The van der Waals surface area contributed by atoms with Crippen LogP contribution in [0.15, 0.2) is 0 Å². The number of nitrogens with zero attached hydrogens (tertiary/aromatic N) is 3. The number of hydrogen-bond acceptors (Lipinski definition) is 6. The topological polar surface area (TPSA) is 64.7 Å². The number of anilines is 1. The molecule has 0 spiro atoms. The van der Waals surface area contributed by atoms with Crippen molar-refractivity contribution in [1.82, 2.24) is 15.0 Å². The molecule has 2 rings (SSSR count). The standard InChI is InChI=1S/C8H12N4S2/c1-5-10-7(12-8(9)11-5)6-4-13-2-3-14-6/h6H,2-4H2,1H3,(H2,9,10,11,12). The zero-order valence-electron chi connectivity index (χ0n) is 7.93. The van der Waals surface area contributed by atoms with Gasteiger partial charge in [0.2, 0.25) is 5.95 Å². The van der Waals surface area contributed by atoms with Gasteiger partial charge in [0.1, 0.15) is 11.6 Å². The summed E-state index contributed by atoms with van der Waals surface area (Å²) >= 11 is 3.85. The molecule has 1 aromatic rings. The summed E-state index contributed by atoms with van der Waals surface area (Å²) in [6.45, 7) is 1.85. The highest BCUT2D eigenvalue weighted by atomic mass is 32.2. The van der Waals surface area contributed by atoms with Gasteiger partial charge in [-0.2, -0.15) is 21.7 Å².